The van der Waals surface area contributed by atoms with Crippen molar-refractivity contribution >= 4 is 23.2 Å². The minimum Gasteiger partial charge on any atom is -0.491 e. The number of hydrogen-bond donors (Lipinski definition) is 0. The van der Waals surface area contributed by atoms with Crippen molar-refractivity contribution in [1.82, 2.24) is 24.4 Å². The first kappa shape index (κ1) is 20.2. The van der Waals surface area contributed by atoms with E-state index in [0.717, 1.165) is 35.6 Å². The lowest BCUT2D eigenvalue weighted by Gasteiger charge is -2.37. The van der Waals surface area contributed by atoms with Crippen molar-refractivity contribution in [3.63, 3.8) is 0 Å². The first-order chi connectivity index (χ1) is 14.8. The van der Waals surface area contributed by atoms with Gasteiger partial charge in [0.1, 0.15) is 18.2 Å². The molecular weight excluding hydrogens is 421 g/mol. The lowest BCUT2D eigenvalue weighted by atomic mass is 10.1. The van der Waals surface area contributed by atoms with Crippen LogP contribution in [-0.2, 0) is 13.1 Å². The molecule has 4 heterocycles. The van der Waals surface area contributed by atoms with Crippen LogP contribution >= 0.6 is 11.6 Å². The fraction of sp³-hybridized carbons (Fsp3) is 0.409. The molecule has 31 heavy (non-hydrogen) atoms. The molecule has 1 amide bonds. The monoisotopic (exact) mass is 443 g/mol. The molecule has 162 valence electrons. The Labute approximate surface area is 184 Å². The molecule has 2 aliphatic rings. The van der Waals surface area contributed by atoms with Gasteiger partial charge >= 0.3 is 0 Å². The van der Waals surface area contributed by atoms with Crippen molar-refractivity contribution in [2.75, 3.05) is 20.2 Å². The summed E-state index contributed by atoms with van der Waals surface area (Å²) in [6.07, 6.45) is 1.03. The maximum absolute atomic E-state index is 13.9. The van der Waals surface area contributed by atoms with E-state index in [1.807, 2.05) is 20.9 Å². The SMILES string of the molecule is Cc1nc2c3c(nn2c(C)c1Cl)CN(C(=O)c1ccc(F)cc1OC[C@H]1CCN1C)C3. The van der Waals surface area contributed by atoms with Crippen molar-refractivity contribution in [2.24, 2.45) is 0 Å². The minimum atomic E-state index is -0.428. The zero-order valence-electron chi connectivity index (χ0n) is 17.7. The Morgan fingerprint density at radius 2 is 2.13 bits per heavy atom. The van der Waals surface area contributed by atoms with E-state index in [4.69, 9.17) is 16.3 Å². The van der Waals surface area contributed by atoms with E-state index < -0.39 is 5.82 Å². The zero-order chi connectivity index (χ0) is 21.9. The van der Waals surface area contributed by atoms with E-state index in [2.05, 4.69) is 15.0 Å². The fourth-order valence-corrected chi connectivity index (χ4v) is 4.31. The van der Waals surface area contributed by atoms with Gasteiger partial charge in [0, 0.05) is 17.7 Å². The van der Waals surface area contributed by atoms with Gasteiger partial charge in [0.15, 0.2) is 5.65 Å². The van der Waals surface area contributed by atoms with Gasteiger partial charge < -0.3 is 9.64 Å². The number of halogens is 2. The van der Waals surface area contributed by atoms with Crippen molar-refractivity contribution in [1.29, 1.82) is 0 Å². The molecule has 0 N–H and O–H groups in total. The van der Waals surface area contributed by atoms with E-state index in [-0.39, 0.29) is 11.7 Å². The lowest BCUT2D eigenvalue weighted by molar-refractivity contribution is 0.0701. The summed E-state index contributed by atoms with van der Waals surface area (Å²) in [5, 5.41) is 5.21. The number of fused-ring (bicyclic) bond motifs is 3. The normalized spacial score (nSPS) is 18.4. The van der Waals surface area contributed by atoms with Crippen LogP contribution in [0.4, 0.5) is 4.39 Å². The highest BCUT2D eigenvalue weighted by Gasteiger charge is 2.32. The summed E-state index contributed by atoms with van der Waals surface area (Å²) < 4.78 is 21.5. The van der Waals surface area contributed by atoms with Crippen molar-refractivity contribution in [3.05, 3.63) is 57.2 Å². The molecule has 0 bridgehead atoms. The lowest BCUT2D eigenvalue weighted by Crippen LogP contribution is -2.48. The molecule has 0 spiro atoms. The summed E-state index contributed by atoms with van der Waals surface area (Å²) in [7, 11) is 2.02. The van der Waals surface area contributed by atoms with Crippen LogP contribution in [-0.4, -0.2) is 56.5 Å². The van der Waals surface area contributed by atoms with Gasteiger partial charge in [-0.25, -0.2) is 13.9 Å². The van der Waals surface area contributed by atoms with Crippen LogP contribution in [0.3, 0.4) is 0 Å². The quantitative estimate of drug-likeness (QED) is 0.618. The smallest absolute Gasteiger partial charge is 0.258 e. The van der Waals surface area contributed by atoms with Crippen LogP contribution < -0.4 is 4.74 Å². The van der Waals surface area contributed by atoms with Gasteiger partial charge in [-0.1, -0.05) is 11.6 Å². The number of likely N-dealkylation sites (tertiary alicyclic amines) is 1. The average molecular weight is 444 g/mol. The number of aryl methyl sites for hydroxylation is 2. The molecule has 3 aromatic rings. The van der Waals surface area contributed by atoms with Gasteiger partial charge in [-0.3, -0.25) is 9.69 Å². The van der Waals surface area contributed by atoms with Crippen LogP contribution in [0, 0.1) is 19.7 Å². The Kier molecular flexibility index (Phi) is 4.86. The molecule has 0 aliphatic carbocycles. The zero-order valence-corrected chi connectivity index (χ0v) is 18.4. The molecule has 7 nitrogen and oxygen atoms in total. The second-order valence-corrected chi connectivity index (χ2v) is 8.67. The third-order valence-corrected chi connectivity index (χ3v) is 6.83. The molecule has 0 saturated carbocycles. The van der Waals surface area contributed by atoms with Crippen LogP contribution in [0.25, 0.3) is 5.65 Å². The summed E-state index contributed by atoms with van der Waals surface area (Å²) in [4.78, 5) is 21.8. The standard InChI is InChI=1S/C22H23ClFN5O2/c1-12-20(23)13(2)29-21(25-12)17-9-28(10-18(17)26-29)22(30)16-5-4-14(24)8-19(16)31-11-15-6-7-27(15)3/h4-5,8,15H,6-7,9-11H2,1-3H3/t15-/m1/s1. The molecular formula is C22H23ClFN5O2. The van der Waals surface area contributed by atoms with E-state index in [9.17, 15) is 9.18 Å². The maximum atomic E-state index is 13.9. The Bertz CT molecular complexity index is 1210. The van der Waals surface area contributed by atoms with Crippen molar-refractivity contribution in [3.8, 4) is 5.75 Å². The summed E-state index contributed by atoms with van der Waals surface area (Å²) in [6, 6.07) is 4.36. The number of aromatic nitrogens is 3. The topological polar surface area (TPSA) is 63.0 Å². The van der Waals surface area contributed by atoms with Crippen molar-refractivity contribution in [2.45, 2.75) is 39.4 Å². The number of carbonyl (C=O) groups excluding carboxylic acids is 1. The van der Waals surface area contributed by atoms with Crippen LogP contribution in [0.1, 0.15) is 39.4 Å². The highest BCUT2D eigenvalue weighted by atomic mass is 35.5. The van der Waals surface area contributed by atoms with E-state index >= 15 is 0 Å². The van der Waals surface area contributed by atoms with E-state index in [1.165, 1.54) is 18.2 Å². The predicted octanol–water partition coefficient (Wildman–Crippen LogP) is 3.38. The number of hydrogen-bond acceptors (Lipinski definition) is 5. The highest BCUT2D eigenvalue weighted by molar-refractivity contribution is 6.31. The van der Waals surface area contributed by atoms with E-state index in [0.29, 0.717) is 42.0 Å². The van der Waals surface area contributed by atoms with Gasteiger partial charge in [0.2, 0.25) is 0 Å². The predicted molar refractivity (Wildman–Crippen MR) is 114 cm³/mol. The van der Waals surface area contributed by atoms with Crippen LogP contribution in [0.15, 0.2) is 18.2 Å². The minimum absolute atomic E-state index is 0.212. The van der Waals surface area contributed by atoms with Gasteiger partial charge in [0.05, 0.1) is 40.8 Å². The third-order valence-electron chi connectivity index (χ3n) is 6.29. The molecule has 9 heteroatoms. The second-order valence-electron chi connectivity index (χ2n) is 8.29. The van der Waals surface area contributed by atoms with Crippen molar-refractivity contribution < 1.29 is 13.9 Å². The third kappa shape index (κ3) is 3.34. The molecule has 0 unspecified atom stereocenters. The van der Waals surface area contributed by atoms with Gasteiger partial charge in [-0.15, -0.1) is 0 Å². The van der Waals surface area contributed by atoms with Crippen LogP contribution in [0.5, 0.6) is 5.75 Å². The largest absolute Gasteiger partial charge is 0.491 e. The number of nitrogens with zero attached hydrogens (tertiary/aromatic N) is 5. The number of likely N-dealkylation sites (N-methyl/N-ethyl adjacent to an activating group) is 1. The first-order valence-corrected chi connectivity index (χ1v) is 10.7. The molecule has 1 saturated heterocycles. The van der Waals surface area contributed by atoms with Crippen LogP contribution in [0.2, 0.25) is 5.02 Å². The molecule has 1 aromatic carbocycles. The molecule has 1 atom stereocenters. The Morgan fingerprint density at radius 1 is 1.32 bits per heavy atom. The maximum Gasteiger partial charge on any atom is 0.258 e. The van der Waals surface area contributed by atoms with Gasteiger partial charge in [0.25, 0.3) is 5.91 Å². The Morgan fingerprint density at radius 3 is 2.84 bits per heavy atom. The number of amides is 1. The summed E-state index contributed by atoms with van der Waals surface area (Å²) in [6.45, 7) is 5.95. The number of benzene rings is 1. The second kappa shape index (κ2) is 7.46. The van der Waals surface area contributed by atoms with E-state index in [1.54, 1.807) is 9.42 Å². The highest BCUT2D eigenvalue weighted by Crippen LogP contribution is 2.31. The summed E-state index contributed by atoms with van der Waals surface area (Å²) in [5.74, 6) is -0.362. The molecule has 2 aliphatic heterocycles. The van der Waals surface area contributed by atoms with Gasteiger partial charge in [-0.2, -0.15) is 5.10 Å². The first-order valence-electron chi connectivity index (χ1n) is 10.3. The number of carbonyl (C=O) groups is 1. The molecule has 0 radical (unpaired) electrons. The molecule has 1 fully saturated rings. The molecule has 2 aromatic heterocycles. The Hall–Kier alpha value is -2.71. The van der Waals surface area contributed by atoms with Gasteiger partial charge in [-0.05, 0) is 46.0 Å². The number of ether oxygens (including phenoxy) is 1. The average Bonchev–Trinajstić information content (AvgIpc) is 3.30. The molecule has 5 rings (SSSR count). The summed E-state index contributed by atoms with van der Waals surface area (Å²) >= 11 is 6.31. The number of rotatable bonds is 4. The summed E-state index contributed by atoms with van der Waals surface area (Å²) in [5.41, 5.74) is 4.34. The Balaban J connectivity index is 1.40. The fourth-order valence-electron chi connectivity index (χ4n) is 4.19.